The number of alkyl halides is 6. The third kappa shape index (κ3) is 3.88. The molecule has 8 heteroatoms. The summed E-state index contributed by atoms with van der Waals surface area (Å²) in [5, 5.41) is 12.2. The average Bonchev–Trinajstić information content (AvgIpc) is 2.52. The minimum Gasteiger partial charge on any atom is -0.332 e. The van der Waals surface area contributed by atoms with E-state index in [1.165, 1.54) is 12.1 Å². The molecule has 0 aliphatic rings. The van der Waals surface area contributed by atoms with E-state index >= 15 is 0 Å². The first-order chi connectivity index (χ1) is 11.0. The van der Waals surface area contributed by atoms with Crippen LogP contribution in [0.1, 0.15) is 16.7 Å². The summed E-state index contributed by atoms with van der Waals surface area (Å²) in [6.45, 7) is -0.634. The first-order valence-electron chi connectivity index (χ1n) is 6.67. The molecule has 2 rings (SSSR count). The lowest BCUT2D eigenvalue weighted by Crippen LogP contribution is -2.43. The molecule has 0 aliphatic heterocycles. The highest BCUT2D eigenvalue weighted by Gasteiger charge is 2.58. The SMILES string of the molecule is [O]C(OCc1ccccc1)(c1ccc(C(F)(F)F)cc1)C(F)(F)F. The van der Waals surface area contributed by atoms with Crippen LogP contribution in [0.3, 0.4) is 0 Å². The molecule has 0 N–H and O–H groups in total. The fraction of sp³-hybridized carbons (Fsp3) is 0.250. The van der Waals surface area contributed by atoms with Crippen molar-refractivity contribution in [2.75, 3.05) is 0 Å². The van der Waals surface area contributed by atoms with E-state index < -0.39 is 35.9 Å². The van der Waals surface area contributed by atoms with Gasteiger partial charge in [0.05, 0.1) is 12.2 Å². The summed E-state index contributed by atoms with van der Waals surface area (Å²) < 4.78 is 81.5. The van der Waals surface area contributed by atoms with Gasteiger partial charge in [0.2, 0.25) is 0 Å². The quantitative estimate of drug-likeness (QED) is 0.560. The second-order valence-electron chi connectivity index (χ2n) is 4.96. The van der Waals surface area contributed by atoms with E-state index in [0.717, 1.165) is 0 Å². The van der Waals surface area contributed by atoms with Crippen LogP contribution in [0.15, 0.2) is 54.6 Å². The van der Waals surface area contributed by atoms with Gasteiger partial charge >= 0.3 is 18.1 Å². The van der Waals surface area contributed by atoms with Crippen LogP contribution in [0, 0.1) is 0 Å². The van der Waals surface area contributed by atoms with Crippen molar-refractivity contribution in [3.63, 3.8) is 0 Å². The van der Waals surface area contributed by atoms with Gasteiger partial charge in [0, 0.05) is 5.56 Å². The predicted octanol–water partition coefficient (Wildman–Crippen LogP) is 5.07. The Bertz CT molecular complexity index is 664. The van der Waals surface area contributed by atoms with Crippen LogP contribution < -0.4 is 0 Å². The number of ether oxygens (including phenoxy) is 1. The van der Waals surface area contributed by atoms with Crippen LogP contribution >= 0.6 is 0 Å². The Hall–Kier alpha value is -2.06. The van der Waals surface area contributed by atoms with Crippen LogP contribution in [-0.2, 0) is 28.4 Å². The van der Waals surface area contributed by atoms with Crippen LogP contribution in [0.25, 0.3) is 0 Å². The topological polar surface area (TPSA) is 29.1 Å². The molecule has 0 fully saturated rings. The third-order valence-electron chi connectivity index (χ3n) is 3.25. The Labute approximate surface area is 133 Å². The average molecular weight is 349 g/mol. The van der Waals surface area contributed by atoms with Crippen LogP contribution in [0.4, 0.5) is 26.3 Å². The smallest absolute Gasteiger partial charge is 0.332 e. The van der Waals surface area contributed by atoms with Crippen LogP contribution in [-0.4, -0.2) is 6.18 Å². The zero-order chi connectivity index (χ0) is 18.0. The Morgan fingerprint density at radius 1 is 0.750 bits per heavy atom. The van der Waals surface area contributed by atoms with E-state index in [-0.39, 0.29) is 0 Å². The molecule has 2 aromatic rings. The standard InChI is InChI=1S/C16H11F6O2/c17-15(18,19)13-8-6-12(7-9-13)14(23,16(20,21)22)24-10-11-4-2-1-3-5-11/h1-9H,10H2. The van der Waals surface area contributed by atoms with Gasteiger partial charge < -0.3 is 4.74 Å². The molecule has 0 spiro atoms. The molecule has 0 bridgehead atoms. The minimum absolute atomic E-state index is 0.328. The number of halogens is 6. The van der Waals surface area contributed by atoms with Crippen molar-refractivity contribution in [3.8, 4) is 0 Å². The van der Waals surface area contributed by atoms with Gasteiger partial charge in [0.25, 0.3) is 0 Å². The highest BCUT2D eigenvalue weighted by molar-refractivity contribution is 5.28. The van der Waals surface area contributed by atoms with E-state index in [9.17, 15) is 31.4 Å². The van der Waals surface area contributed by atoms with Gasteiger partial charge in [0.15, 0.2) is 0 Å². The minimum atomic E-state index is -5.35. The molecular weight excluding hydrogens is 338 g/mol. The molecular formula is C16H11F6O2. The lowest BCUT2D eigenvalue weighted by molar-refractivity contribution is -0.401. The predicted molar refractivity (Wildman–Crippen MR) is 71.1 cm³/mol. The second kappa shape index (κ2) is 6.45. The monoisotopic (exact) mass is 349 g/mol. The van der Waals surface area contributed by atoms with Crippen molar-refractivity contribution in [2.45, 2.75) is 24.7 Å². The maximum atomic E-state index is 13.2. The van der Waals surface area contributed by atoms with Crippen molar-refractivity contribution >= 4 is 0 Å². The highest BCUT2D eigenvalue weighted by atomic mass is 19.4. The van der Waals surface area contributed by atoms with Crippen molar-refractivity contribution in [1.82, 2.24) is 0 Å². The fourth-order valence-corrected chi connectivity index (χ4v) is 1.97. The largest absolute Gasteiger partial charge is 0.451 e. The van der Waals surface area contributed by atoms with Gasteiger partial charge in [-0.25, -0.2) is 0 Å². The second-order valence-corrected chi connectivity index (χ2v) is 4.96. The molecule has 0 saturated carbocycles. The van der Waals surface area contributed by atoms with E-state index in [4.69, 9.17) is 0 Å². The van der Waals surface area contributed by atoms with Crippen molar-refractivity contribution in [3.05, 3.63) is 71.3 Å². The molecule has 1 unspecified atom stereocenters. The zero-order valence-corrected chi connectivity index (χ0v) is 12.0. The summed E-state index contributed by atoms with van der Waals surface area (Å²) in [4.78, 5) is 0. The summed E-state index contributed by atoms with van der Waals surface area (Å²) in [6.07, 6.45) is -10.1. The maximum absolute atomic E-state index is 13.2. The summed E-state index contributed by atoms with van der Waals surface area (Å²) >= 11 is 0. The van der Waals surface area contributed by atoms with Gasteiger partial charge in [-0.3, -0.25) is 0 Å². The summed E-state index contributed by atoms with van der Waals surface area (Å²) in [6, 6.07) is 9.45. The maximum Gasteiger partial charge on any atom is 0.451 e. The molecule has 129 valence electrons. The Kier molecular flexibility index (Phi) is 4.91. The lowest BCUT2D eigenvalue weighted by atomic mass is 10.0. The number of rotatable bonds is 4. The van der Waals surface area contributed by atoms with E-state index in [0.29, 0.717) is 29.8 Å². The van der Waals surface area contributed by atoms with E-state index in [1.54, 1.807) is 18.2 Å². The van der Waals surface area contributed by atoms with Crippen LogP contribution in [0.5, 0.6) is 0 Å². The zero-order valence-electron chi connectivity index (χ0n) is 12.0. The van der Waals surface area contributed by atoms with Gasteiger partial charge in [-0.1, -0.05) is 42.5 Å². The summed E-state index contributed by atoms with van der Waals surface area (Å²) in [5.74, 6) is -3.97. The molecule has 24 heavy (non-hydrogen) atoms. The van der Waals surface area contributed by atoms with Gasteiger partial charge in [-0.15, -0.1) is 0 Å². The molecule has 0 heterocycles. The Morgan fingerprint density at radius 2 is 1.25 bits per heavy atom. The molecule has 0 saturated heterocycles. The van der Waals surface area contributed by atoms with Gasteiger partial charge in [-0.2, -0.15) is 31.4 Å². The van der Waals surface area contributed by atoms with Gasteiger partial charge in [-0.05, 0) is 17.7 Å². The number of hydrogen-bond donors (Lipinski definition) is 0. The van der Waals surface area contributed by atoms with Crippen molar-refractivity contribution < 1.29 is 36.2 Å². The molecule has 0 aliphatic carbocycles. The molecule has 1 atom stereocenters. The highest BCUT2D eigenvalue weighted by Crippen LogP contribution is 2.42. The lowest BCUT2D eigenvalue weighted by Gasteiger charge is -2.28. The molecule has 2 nitrogen and oxygen atoms in total. The molecule has 1 radical (unpaired) electrons. The first kappa shape index (κ1) is 18.3. The first-order valence-corrected chi connectivity index (χ1v) is 6.67. The number of hydrogen-bond acceptors (Lipinski definition) is 1. The molecule has 2 aromatic carbocycles. The normalized spacial score (nSPS) is 15.1. The van der Waals surface area contributed by atoms with Crippen molar-refractivity contribution in [1.29, 1.82) is 0 Å². The Morgan fingerprint density at radius 3 is 1.71 bits per heavy atom. The Balaban J connectivity index is 2.30. The molecule has 0 aromatic heterocycles. The third-order valence-corrected chi connectivity index (χ3v) is 3.25. The molecule has 0 amide bonds. The fourth-order valence-electron chi connectivity index (χ4n) is 1.97. The van der Waals surface area contributed by atoms with E-state index in [1.807, 2.05) is 0 Å². The van der Waals surface area contributed by atoms with Gasteiger partial charge in [0.1, 0.15) is 0 Å². The summed E-state index contributed by atoms with van der Waals surface area (Å²) in [5.41, 5.74) is -1.77. The van der Waals surface area contributed by atoms with E-state index in [2.05, 4.69) is 4.74 Å². The number of benzene rings is 2. The van der Waals surface area contributed by atoms with Crippen molar-refractivity contribution in [2.24, 2.45) is 0 Å². The summed E-state index contributed by atoms with van der Waals surface area (Å²) in [7, 11) is 0. The van der Waals surface area contributed by atoms with Crippen LogP contribution in [0.2, 0.25) is 0 Å².